The highest BCUT2D eigenvalue weighted by Gasteiger charge is 2.10. The van der Waals surface area contributed by atoms with Crippen molar-refractivity contribution in [3.63, 3.8) is 0 Å². The molecule has 0 radical (unpaired) electrons. The molecule has 1 aromatic carbocycles. The fourth-order valence-corrected chi connectivity index (χ4v) is 1.72. The quantitative estimate of drug-likeness (QED) is 0.934. The zero-order valence-electron chi connectivity index (χ0n) is 8.80. The molecule has 0 aliphatic heterocycles. The number of hydrogen-bond acceptors (Lipinski definition) is 4. The summed E-state index contributed by atoms with van der Waals surface area (Å²) in [6.07, 6.45) is 2.86. The summed E-state index contributed by atoms with van der Waals surface area (Å²) in [7, 11) is 0. The minimum Gasteiger partial charge on any atom is -0.478 e. The van der Waals surface area contributed by atoms with Crippen molar-refractivity contribution < 1.29 is 14.6 Å². The second-order valence-electron chi connectivity index (χ2n) is 3.23. The Morgan fingerprint density at radius 2 is 2.22 bits per heavy atom. The third kappa shape index (κ3) is 2.77. The molecule has 0 bridgehead atoms. The van der Waals surface area contributed by atoms with Gasteiger partial charge in [0.2, 0.25) is 5.88 Å². The van der Waals surface area contributed by atoms with Crippen molar-refractivity contribution in [2.75, 3.05) is 0 Å². The van der Waals surface area contributed by atoms with Crippen molar-refractivity contribution in [2.45, 2.75) is 0 Å². The van der Waals surface area contributed by atoms with Gasteiger partial charge >= 0.3 is 5.97 Å². The molecule has 0 amide bonds. The maximum absolute atomic E-state index is 10.7. The lowest BCUT2D eigenvalue weighted by Crippen LogP contribution is -1.97. The lowest BCUT2D eigenvalue weighted by Gasteiger charge is -2.07. The van der Waals surface area contributed by atoms with Gasteiger partial charge in [0.05, 0.1) is 15.1 Å². The number of hydrogen-bond donors (Lipinski definition) is 1. The van der Waals surface area contributed by atoms with Crippen LogP contribution in [0.15, 0.2) is 35.2 Å². The van der Waals surface area contributed by atoms with E-state index < -0.39 is 5.97 Å². The molecule has 0 atom stereocenters. The van der Waals surface area contributed by atoms with Crippen LogP contribution in [-0.4, -0.2) is 21.0 Å². The van der Waals surface area contributed by atoms with Gasteiger partial charge in [-0.3, -0.25) is 0 Å². The Morgan fingerprint density at radius 3 is 2.83 bits per heavy atom. The normalized spacial score (nSPS) is 10.1. The van der Waals surface area contributed by atoms with Crippen LogP contribution >= 0.6 is 27.5 Å². The number of nitrogens with zero attached hydrogens (tertiary/aromatic N) is 2. The molecule has 1 N–H and O–H groups in total. The predicted octanol–water partition coefficient (Wildman–Crippen LogP) is 3.38. The van der Waals surface area contributed by atoms with E-state index >= 15 is 0 Å². The number of ether oxygens (including phenoxy) is 1. The smallest absolute Gasteiger partial charge is 0.335 e. The van der Waals surface area contributed by atoms with Crippen LogP contribution in [0.25, 0.3) is 0 Å². The van der Waals surface area contributed by atoms with E-state index in [1.807, 2.05) is 0 Å². The molecule has 2 aromatic rings. The lowest BCUT2D eigenvalue weighted by molar-refractivity contribution is 0.0697. The van der Waals surface area contributed by atoms with Crippen LogP contribution in [0.1, 0.15) is 10.4 Å². The van der Waals surface area contributed by atoms with E-state index in [1.54, 1.807) is 0 Å². The van der Waals surface area contributed by atoms with Crippen LogP contribution < -0.4 is 4.74 Å². The maximum Gasteiger partial charge on any atom is 0.335 e. The SMILES string of the molecule is O=C(O)c1ccc(Oc2ncncc2Br)c(Cl)c1. The summed E-state index contributed by atoms with van der Waals surface area (Å²) in [5.74, 6) is -0.428. The highest BCUT2D eigenvalue weighted by molar-refractivity contribution is 9.10. The monoisotopic (exact) mass is 328 g/mol. The Balaban J connectivity index is 2.30. The number of halogens is 2. The molecule has 92 valence electrons. The highest BCUT2D eigenvalue weighted by Crippen LogP contribution is 2.32. The van der Waals surface area contributed by atoms with Gasteiger partial charge in [0.15, 0.2) is 0 Å². The predicted molar refractivity (Wildman–Crippen MR) is 68.2 cm³/mol. The fraction of sp³-hybridized carbons (Fsp3) is 0. The molecular weight excluding hydrogens is 323 g/mol. The van der Waals surface area contributed by atoms with Crippen LogP contribution in [0.4, 0.5) is 0 Å². The number of benzene rings is 1. The maximum atomic E-state index is 10.7. The van der Waals surface area contributed by atoms with Gasteiger partial charge in [0, 0.05) is 6.20 Å². The summed E-state index contributed by atoms with van der Waals surface area (Å²) in [5.41, 5.74) is 0.0918. The molecule has 0 aliphatic carbocycles. The van der Waals surface area contributed by atoms with Crippen LogP contribution in [0.5, 0.6) is 11.6 Å². The topological polar surface area (TPSA) is 72.3 Å². The Hall–Kier alpha value is -1.66. The van der Waals surface area contributed by atoms with E-state index in [2.05, 4.69) is 25.9 Å². The number of carboxylic acid groups (broad SMARTS) is 1. The van der Waals surface area contributed by atoms with Crippen LogP contribution in [0, 0.1) is 0 Å². The largest absolute Gasteiger partial charge is 0.478 e. The van der Waals surface area contributed by atoms with Gasteiger partial charge in [-0.25, -0.2) is 14.8 Å². The van der Waals surface area contributed by atoms with E-state index in [1.165, 1.54) is 30.7 Å². The van der Waals surface area contributed by atoms with Gasteiger partial charge in [-0.2, -0.15) is 0 Å². The first-order valence-corrected chi connectivity index (χ1v) is 5.91. The molecule has 0 aliphatic rings. The molecule has 2 rings (SSSR count). The number of carboxylic acids is 1. The third-order valence-corrected chi connectivity index (χ3v) is 2.86. The van der Waals surface area contributed by atoms with E-state index in [0.29, 0.717) is 16.1 Å². The number of aromatic nitrogens is 2. The van der Waals surface area contributed by atoms with Gasteiger partial charge in [0.25, 0.3) is 0 Å². The van der Waals surface area contributed by atoms with Crippen molar-refractivity contribution >= 4 is 33.5 Å². The summed E-state index contributed by atoms with van der Waals surface area (Å²) in [6.45, 7) is 0. The van der Waals surface area contributed by atoms with Gasteiger partial charge in [0.1, 0.15) is 12.1 Å². The molecule has 7 heteroatoms. The number of carbonyl (C=O) groups is 1. The van der Waals surface area contributed by atoms with Crippen molar-refractivity contribution in [3.05, 3.63) is 45.8 Å². The zero-order chi connectivity index (χ0) is 13.1. The third-order valence-electron chi connectivity index (χ3n) is 2.02. The van der Waals surface area contributed by atoms with E-state index in [0.717, 1.165) is 0 Å². The molecule has 1 aromatic heterocycles. The minimum atomic E-state index is -1.05. The van der Waals surface area contributed by atoms with E-state index in [-0.39, 0.29) is 10.6 Å². The van der Waals surface area contributed by atoms with Gasteiger partial charge in [-0.05, 0) is 34.1 Å². The molecule has 18 heavy (non-hydrogen) atoms. The van der Waals surface area contributed by atoms with Crippen molar-refractivity contribution in [2.24, 2.45) is 0 Å². The minimum absolute atomic E-state index is 0.0918. The van der Waals surface area contributed by atoms with Crippen molar-refractivity contribution in [1.82, 2.24) is 9.97 Å². The van der Waals surface area contributed by atoms with Crippen molar-refractivity contribution in [1.29, 1.82) is 0 Å². The second-order valence-corrected chi connectivity index (χ2v) is 4.49. The van der Waals surface area contributed by atoms with Gasteiger partial charge in [-0.15, -0.1) is 0 Å². The average Bonchev–Trinajstić information content (AvgIpc) is 2.34. The number of rotatable bonds is 3. The standard InChI is InChI=1S/C11H6BrClN2O3/c12-7-4-14-5-15-10(7)18-9-2-1-6(11(16)17)3-8(9)13/h1-5H,(H,16,17). The van der Waals surface area contributed by atoms with Crippen LogP contribution in [0.3, 0.4) is 0 Å². The van der Waals surface area contributed by atoms with Gasteiger partial charge < -0.3 is 9.84 Å². The molecule has 0 unspecified atom stereocenters. The summed E-state index contributed by atoms with van der Waals surface area (Å²) < 4.78 is 6.02. The van der Waals surface area contributed by atoms with Crippen molar-refractivity contribution in [3.8, 4) is 11.6 Å². The zero-order valence-corrected chi connectivity index (χ0v) is 11.1. The molecule has 0 fully saturated rings. The lowest BCUT2D eigenvalue weighted by atomic mass is 10.2. The van der Waals surface area contributed by atoms with Crippen LogP contribution in [-0.2, 0) is 0 Å². The van der Waals surface area contributed by atoms with Crippen LogP contribution in [0.2, 0.25) is 5.02 Å². The Labute approximate surface area is 116 Å². The van der Waals surface area contributed by atoms with Gasteiger partial charge in [-0.1, -0.05) is 11.6 Å². The Bertz CT molecular complexity index is 607. The molecule has 0 saturated carbocycles. The Morgan fingerprint density at radius 1 is 1.44 bits per heavy atom. The molecular formula is C11H6BrClN2O3. The first kappa shape index (κ1) is 12.8. The highest BCUT2D eigenvalue weighted by atomic mass is 79.9. The molecule has 1 heterocycles. The first-order chi connectivity index (χ1) is 8.58. The summed E-state index contributed by atoms with van der Waals surface area (Å²) >= 11 is 9.16. The van der Waals surface area contributed by atoms with E-state index in [4.69, 9.17) is 21.4 Å². The molecule has 0 spiro atoms. The van der Waals surface area contributed by atoms with E-state index in [9.17, 15) is 4.79 Å². The average molecular weight is 330 g/mol. The second kappa shape index (κ2) is 5.32. The molecule has 0 saturated heterocycles. The summed E-state index contributed by atoms with van der Waals surface area (Å²) in [5, 5.41) is 9.00. The first-order valence-electron chi connectivity index (χ1n) is 4.74. The number of aromatic carboxylic acids is 1. The summed E-state index contributed by atoms with van der Waals surface area (Å²) in [6, 6.07) is 4.19. The fourth-order valence-electron chi connectivity index (χ4n) is 1.20. The molecule has 5 nitrogen and oxygen atoms in total. The summed E-state index contributed by atoms with van der Waals surface area (Å²) in [4.78, 5) is 18.5. The Kier molecular flexibility index (Phi) is 3.78.